The van der Waals surface area contributed by atoms with Gasteiger partial charge in [-0.25, -0.2) is 4.79 Å². The largest absolute Gasteiger partial charge is 0.478 e. The van der Waals surface area contributed by atoms with E-state index in [0.29, 0.717) is 56.5 Å². The molecule has 0 N–H and O–H groups in total. The molecule has 55 heavy (non-hydrogen) atoms. The molecule has 0 bridgehead atoms. The molecule has 4 atom stereocenters. The zero-order valence-electron chi connectivity index (χ0n) is 29.6. The van der Waals surface area contributed by atoms with E-state index in [4.69, 9.17) is 55.9 Å². The molecule has 2 aliphatic heterocycles. The van der Waals surface area contributed by atoms with E-state index in [2.05, 4.69) is 0 Å². The first kappa shape index (κ1) is 38.5. The van der Waals surface area contributed by atoms with Gasteiger partial charge in [0.2, 0.25) is 12.2 Å². The van der Waals surface area contributed by atoms with E-state index in [9.17, 15) is 19.2 Å². The first-order chi connectivity index (χ1) is 26.5. The zero-order chi connectivity index (χ0) is 38.8. The van der Waals surface area contributed by atoms with Gasteiger partial charge in [0.25, 0.3) is 17.4 Å². The molecule has 2 amide bonds. The molecule has 5 aromatic rings. The van der Waals surface area contributed by atoms with Crippen molar-refractivity contribution in [1.82, 2.24) is 18.9 Å². The average Bonchev–Trinajstić information content (AvgIpc) is 3.18. The highest BCUT2D eigenvalue weighted by molar-refractivity contribution is 6.31. The number of hydrogen-bond acceptors (Lipinski definition) is 6. The van der Waals surface area contributed by atoms with Crippen molar-refractivity contribution in [3.63, 3.8) is 0 Å². The SMILES string of the molecule is Cc1cn(CCCN2C(=O)[C@H](Oc3ccc(Cl)cc3)[C@@H]2c2ccc(Cl)cc2)c(=O)n(CCCN2C(=O)[C@H](Oc3ccc(Cl)cc3)[C@@H]2c2ccc(Cl)cc2)c1=O. The zero-order valence-corrected chi connectivity index (χ0v) is 32.6. The van der Waals surface area contributed by atoms with E-state index in [1.54, 1.807) is 95.7 Å². The van der Waals surface area contributed by atoms with Gasteiger partial charge >= 0.3 is 5.69 Å². The number of carbonyl (C=O) groups excluding carboxylic acids is 2. The number of ether oxygens (including phenoxy) is 2. The number of halogens is 4. The summed E-state index contributed by atoms with van der Waals surface area (Å²) in [6, 6.07) is 27.4. The van der Waals surface area contributed by atoms with Crippen molar-refractivity contribution < 1.29 is 19.1 Å². The number of aryl methyl sites for hydroxylation is 2. The fourth-order valence-corrected chi connectivity index (χ4v) is 7.58. The maximum absolute atomic E-state index is 13.7. The summed E-state index contributed by atoms with van der Waals surface area (Å²) >= 11 is 24.4. The van der Waals surface area contributed by atoms with Crippen LogP contribution >= 0.6 is 46.4 Å². The number of amides is 2. The Morgan fingerprint density at radius 1 is 0.527 bits per heavy atom. The molecule has 10 nitrogen and oxygen atoms in total. The maximum Gasteiger partial charge on any atom is 0.330 e. The van der Waals surface area contributed by atoms with Crippen molar-refractivity contribution in [2.24, 2.45) is 0 Å². The van der Waals surface area contributed by atoms with Crippen LogP contribution in [0.2, 0.25) is 20.1 Å². The lowest BCUT2D eigenvalue weighted by molar-refractivity contribution is -0.164. The van der Waals surface area contributed by atoms with E-state index >= 15 is 0 Å². The Morgan fingerprint density at radius 2 is 0.909 bits per heavy atom. The van der Waals surface area contributed by atoms with Gasteiger partial charge in [-0.2, -0.15) is 0 Å². The minimum Gasteiger partial charge on any atom is -0.478 e. The molecule has 2 saturated heterocycles. The summed E-state index contributed by atoms with van der Waals surface area (Å²) < 4.78 is 14.9. The summed E-state index contributed by atoms with van der Waals surface area (Å²) in [5.41, 5.74) is 1.27. The molecule has 0 aliphatic carbocycles. The molecule has 0 spiro atoms. The smallest absolute Gasteiger partial charge is 0.330 e. The van der Waals surface area contributed by atoms with Gasteiger partial charge in [0.15, 0.2) is 0 Å². The average molecular weight is 823 g/mol. The summed E-state index contributed by atoms with van der Waals surface area (Å²) in [6.45, 7) is 2.67. The monoisotopic (exact) mass is 820 g/mol. The third-order valence-electron chi connectivity index (χ3n) is 9.86. The van der Waals surface area contributed by atoms with Crippen molar-refractivity contribution >= 4 is 58.2 Å². The van der Waals surface area contributed by atoms with Crippen LogP contribution in [0.25, 0.3) is 0 Å². The van der Waals surface area contributed by atoms with E-state index in [1.807, 2.05) is 24.3 Å². The van der Waals surface area contributed by atoms with Crippen LogP contribution in [0, 0.1) is 6.92 Å². The van der Waals surface area contributed by atoms with Crippen molar-refractivity contribution in [2.45, 2.75) is 57.1 Å². The van der Waals surface area contributed by atoms with Crippen molar-refractivity contribution in [2.75, 3.05) is 13.1 Å². The Bertz CT molecular complexity index is 2300. The molecule has 2 fully saturated rings. The van der Waals surface area contributed by atoms with Gasteiger partial charge in [0.1, 0.15) is 23.6 Å². The number of carbonyl (C=O) groups is 2. The number of likely N-dealkylation sites (tertiary alicyclic amines) is 2. The lowest BCUT2D eigenvalue weighted by Crippen LogP contribution is -2.61. The van der Waals surface area contributed by atoms with Gasteiger partial charge in [0, 0.05) is 58.0 Å². The second kappa shape index (κ2) is 16.5. The summed E-state index contributed by atoms with van der Waals surface area (Å²) in [5.74, 6) is 0.651. The number of hydrogen-bond donors (Lipinski definition) is 0. The minimum absolute atomic E-state index is 0.103. The van der Waals surface area contributed by atoms with Crippen LogP contribution < -0.4 is 20.7 Å². The van der Waals surface area contributed by atoms with Crippen LogP contribution in [0.5, 0.6) is 11.5 Å². The molecule has 1 aromatic heterocycles. The van der Waals surface area contributed by atoms with Gasteiger partial charge in [-0.1, -0.05) is 70.7 Å². The second-order valence-electron chi connectivity index (χ2n) is 13.5. The molecule has 7 rings (SSSR count). The molecular formula is C41H36Cl4N4O6. The minimum atomic E-state index is -0.766. The van der Waals surface area contributed by atoms with E-state index in [1.165, 1.54) is 9.13 Å². The predicted molar refractivity (Wildman–Crippen MR) is 212 cm³/mol. The van der Waals surface area contributed by atoms with Gasteiger partial charge in [-0.3, -0.25) is 19.0 Å². The van der Waals surface area contributed by atoms with Crippen LogP contribution in [0.3, 0.4) is 0 Å². The highest BCUT2D eigenvalue weighted by atomic mass is 35.5. The van der Waals surface area contributed by atoms with Gasteiger partial charge in [0.05, 0.1) is 0 Å². The third kappa shape index (κ3) is 8.28. The summed E-state index contributed by atoms with van der Waals surface area (Å²) in [4.78, 5) is 57.1. The van der Waals surface area contributed by atoms with Gasteiger partial charge in [-0.05, 0) is 104 Å². The van der Waals surface area contributed by atoms with E-state index < -0.39 is 29.5 Å². The van der Waals surface area contributed by atoms with Crippen LogP contribution in [-0.2, 0) is 22.7 Å². The normalized spacial score (nSPS) is 19.2. The predicted octanol–water partition coefficient (Wildman–Crippen LogP) is 7.77. The quantitative estimate of drug-likeness (QED) is 0.106. The van der Waals surface area contributed by atoms with Crippen LogP contribution in [0.4, 0.5) is 0 Å². The van der Waals surface area contributed by atoms with Crippen molar-refractivity contribution in [1.29, 1.82) is 0 Å². The number of aromatic nitrogens is 2. The van der Waals surface area contributed by atoms with Crippen LogP contribution in [-0.4, -0.2) is 56.0 Å². The Hall–Kier alpha value is -4.74. The Kier molecular flexibility index (Phi) is 11.6. The van der Waals surface area contributed by atoms with E-state index in [0.717, 1.165) is 11.1 Å². The summed E-state index contributed by atoms with van der Waals surface area (Å²) in [5, 5.41) is 2.25. The van der Waals surface area contributed by atoms with E-state index in [-0.39, 0.29) is 37.5 Å². The van der Waals surface area contributed by atoms with Crippen LogP contribution in [0.15, 0.2) is 113 Å². The van der Waals surface area contributed by atoms with Gasteiger partial charge in [-0.15, -0.1) is 0 Å². The molecule has 2 aliphatic rings. The first-order valence-corrected chi connectivity index (χ1v) is 19.3. The topological polar surface area (TPSA) is 103 Å². The first-order valence-electron chi connectivity index (χ1n) is 17.8. The van der Waals surface area contributed by atoms with Gasteiger partial charge < -0.3 is 23.8 Å². The van der Waals surface area contributed by atoms with Crippen molar-refractivity contribution in [3.8, 4) is 11.5 Å². The summed E-state index contributed by atoms with van der Waals surface area (Å²) in [6.07, 6.45) is 0.837. The molecule has 4 aromatic carbocycles. The number of β-lactam (4-membered cyclic amide) rings is 2. The molecular weight excluding hydrogens is 786 g/mol. The van der Waals surface area contributed by atoms with Crippen LogP contribution in [0.1, 0.15) is 41.6 Å². The fourth-order valence-electron chi connectivity index (χ4n) is 7.08. The molecule has 0 unspecified atom stereocenters. The highest BCUT2D eigenvalue weighted by Gasteiger charge is 2.50. The molecule has 3 heterocycles. The summed E-state index contributed by atoms with van der Waals surface area (Å²) in [7, 11) is 0. The fraction of sp³-hybridized carbons (Fsp3) is 0.268. The lowest BCUT2D eigenvalue weighted by Gasteiger charge is -2.47. The molecule has 284 valence electrons. The highest BCUT2D eigenvalue weighted by Crippen LogP contribution is 2.40. The Morgan fingerprint density at radius 3 is 1.33 bits per heavy atom. The Balaban J connectivity index is 1.01. The van der Waals surface area contributed by atoms with Crippen molar-refractivity contribution in [3.05, 3.63) is 161 Å². The lowest BCUT2D eigenvalue weighted by atomic mass is 9.90. The number of nitrogens with zero attached hydrogens (tertiary/aromatic N) is 4. The third-order valence-corrected chi connectivity index (χ3v) is 10.9. The maximum atomic E-state index is 13.7. The molecule has 14 heteroatoms. The number of benzene rings is 4. The number of rotatable bonds is 14. The molecule has 0 radical (unpaired) electrons. The molecule has 0 saturated carbocycles. The Labute approximate surface area is 337 Å². The second-order valence-corrected chi connectivity index (χ2v) is 15.2. The standard InChI is InChI=1S/C41H36Cl4N4O6/c1-25-24-46(20-2-21-47-34(26-4-8-28(42)9-5-26)36(39(47)51)54-32-16-12-30(44)13-17-32)41(53)49(38(25)50)23-3-22-48-35(27-6-10-29(43)11-7-27)37(40(48)52)55-33-18-14-31(45)15-19-33/h4-19,24,34-37H,2-3,20-23H2,1H3/t34-,35-,36+,37+/m0/s1.